The number of fused-ring (bicyclic) bond motifs is 12. The third-order valence-electron chi connectivity index (χ3n) is 6.53. The van der Waals surface area contributed by atoms with E-state index in [-0.39, 0.29) is 0 Å². The smallest absolute Gasteiger partial charge is 0.126 e. The van der Waals surface area contributed by atoms with E-state index >= 15 is 0 Å². The van der Waals surface area contributed by atoms with Crippen LogP contribution in [0.5, 0.6) is 0 Å². The fraction of sp³-hybridized carbons (Fsp3) is 0.0370. The van der Waals surface area contributed by atoms with Crippen LogP contribution in [0, 0.1) is 0 Å². The molecule has 0 N–H and O–H groups in total. The van der Waals surface area contributed by atoms with Gasteiger partial charge >= 0.3 is 5.66 Å². The second-order valence-corrected chi connectivity index (χ2v) is 7.83. The van der Waals surface area contributed by atoms with Gasteiger partial charge < -0.3 is 0 Å². The lowest BCUT2D eigenvalue weighted by Crippen LogP contribution is -2.71. The minimum absolute atomic E-state index is 0.417. The van der Waals surface area contributed by atoms with Crippen LogP contribution in [-0.2, 0) is 5.66 Å². The van der Waals surface area contributed by atoms with Gasteiger partial charge in [0.05, 0.1) is 11.1 Å². The molecule has 0 saturated heterocycles. The van der Waals surface area contributed by atoms with Gasteiger partial charge in [0.25, 0.3) is 0 Å². The van der Waals surface area contributed by atoms with Gasteiger partial charge in [0.2, 0.25) is 16.9 Å². The third kappa shape index (κ3) is 1.65. The van der Waals surface area contributed by atoms with Crippen LogP contribution in [0.15, 0.2) is 109 Å². The molecule has 1 unspecified atom stereocenters. The van der Waals surface area contributed by atoms with Gasteiger partial charge in [-0.1, -0.05) is 36.4 Å². The highest BCUT2D eigenvalue weighted by Gasteiger charge is 2.66. The number of benzene rings is 3. The van der Waals surface area contributed by atoms with Crippen LogP contribution >= 0.6 is 0 Å². The van der Waals surface area contributed by atoms with Crippen LogP contribution in [0.1, 0.15) is 11.1 Å². The monoisotopic (exact) mass is 370 g/mol. The lowest BCUT2D eigenvalue weighted by Gasteiger charge is -2.18. The number of rotatable bonds is 0. The summed E-state index contributed by atoms with van der Waals surface area (Å²) in [5, 5.41) is 1.26. The number of aromatic nitrogens is 2. The molecule has 0 fully saturated rings. The zero-order chi connectivity index (χ0) is 19.0. The Morgan fingerprint density at radius 3 is 2.00 bits per heavy atom. The van der Waals surface area contributed by atoms with Gasteiger partial charge in [-0.25, -0.2) is 0 Å². The van der Waals surface area contributed by atoms with E-state index in [1.807, 2.05) is 0 Å². The lowest BCUT2D eigenvalue weighted by molar-refractivity contribution is -0.944. The second kappa shape index (κ2) is 5.18. The molecular formula is C27H18N2+2. The highest BCUT2D eigenvalue weighted by molar-refractivity contribution is 5.81. The molecule has 134 valence electrons. The van der Waals surface area contributed by atoms with Crippen LogP contribution in [0.25, 0.3) is 33.4 Å². The molecule has 0 bridgehead atoms. The van der Waals surface area contributed by atoms with Crippen molar-refractivity contribution in [2.45, 2.75) is 5.66 Å². The number of hydrogen-bond acceptors (Lipinski definition) is 0. The summed E-state index contributed by atoms with van der Waals surface area (Å²) in [7, 11) is 0. The molecule has 2 aliphatic heterocycles. The molecule has 2 nitrogen and oxygen atoms in total. The fourth-order valence-electron chi connectivity index (χ4n) is 5.48. The predicted octanol–water partition coefficient (Wildman–Crippen LogP) is 4.67. The molecule has 7 rings (SSSR count). The number of para-hydroxylation sites is 1. The van der Waals surface area contributed by atoms with Crippen molar-refractivity contribution in [3.8, 4) is 22.5 Å². The third-order valence-corrected chi connectivity index (χ3v) is 6.53. The molecule has 2 heteroatoms. The van der Waals surface area contributed by atoms with Crippen molar-refractivity contribution < 1.29 is 9.13 Å². The van der Waals surface area contributed by atoms with Gasteiger partial charge in [-0.2, -0.15) is 0 Å². The highest BCUT2D eigenvalue weighted by atomic mass is 15.3. The topological polar surface area (TPSA) is 7.76 Å². The Hall–Kier alpha value is -3.78. The highest BCUT2D eigenvalue weighted by Crippen LogP contribution is 2.47. The van der Waals surface area contributed by atoms with E-state index in [0.29, 0.717) is 0 Å². The molecule has 4 heterocycles. The van der Waals surface area contributed by atoms with Gasteiger partial charge in [-0.05, 0) is 42.5 Å². The molecule has 2 aliphatic rings. The summed E-state index contributed by atoms with van der Waals surface area (Å²) in [6, 6.07) is 37.5. The van der Waals surface area contributed by atoms with Crippen molar-refractivity contribution in [2.75, 3.05) is 0 Å². The van der Waals surface area contributed by atoms with Crippen LogP contribution in [-0.4, -0.2) is 0 Å². The van der Waals surface area contributed by atoms with Crippen molar-refractivity contribution in [3.63, 3.8) is 0 Å². The summed E-state index contributed by atoms with van der Waals surface area (Å²) in [5.41, 5.74) is 8.62. The van der Waals surface area contributed by atoms with Crippen LogP contribution in [0.3, 0.4) is 0 Å². The summed E-state index contributed by atoms with van der Waals surface area (Å²) in [6.07, 6.45) is 2.23. The maximum absolute atomic E-state index is 2.54. The average Bonchev–Trinajstić information content (AvgIpc) is 3.27. The number of nitrogens with zero attached hydrogens (tertiary/aromatic N) is 2. The van der Waals surface area contributed by atoms with E-state index in [9.17, 15) is 0 Å². The first-order chi connectivity index (χ1) is 14.4. The SMILES string of the molecule is c1ccc2c(c1)-c1cccc[n+]1C21c2ccccc2-c2ccc3ccccc3[n+]21. The Labute approximate surface area is 168 Å². The van der Waals surface area contributed by atoms with Crippen molar-refractivity contribution >= 4 is 10.9 Å². The minimum Gasteiger partial charge on any atom is -0.126 e. The largest absolute Gasteiger partial charge is 0.418 e. The summed E-state index contributed by atoms with van der Waals surface area (Å²) < 4.78 is 5.00. The van der Waals surface area contributed by atoms with E-state index in [0.717, 1.165) is 0 Å². The molecule has 0 saturated carbocycles. The molecule has 3 aromatic carbocycles. The van der Waals surface area contributed by atoms with Crippen LogP contribution in [0.4, 0.5) is 0 Å². The predicted molar refractivity (Wildman–Crippen MR) is 113 cm³/mol. The quantitative estimate of drug-likeness (QED) is 0.343. The Morgan fingerprint density at radius 2 is 1.17 bits per heavy atom. The maximum Gasteiger partial charge on any atom is 0.418 e. The van der Waals surface area contributed by atoms with E-state index in [4.69, 9.17) is 0 Å². The first-order valence-electron chi connectivity index (χ1n) is 10.1. The van der Waals surface area contributed by atoms with Crippen molar-refractivity contribution in [2.24, 2.45) is 0 Å². The fourth-order valence-corrected chi connectivity index (χ4v) is 5.48. The molecule has 1 spiro atoms. The number of hydrogen-bond donors (Lipinski definition) is 0. The molecule has 29 heavy (non-hydrogen) atoms. The zero-order valence-corrected chi connectivity index (χ0v) is 15.8. The lowest BCUT2D eigenvalue weighted by atomic mass is 9.90. The molecule has 0 aliphatic carbocycles. The van der Waals surface area contributed by atoms with Gasteiger partial charge in [0.1, 0.15) is 11.1 Å². The number of pyridine rings is 2. The Morgan fingerprint density at radius 1 is 0.517 bits per heavy atom. The summed E-state index contributed by atoms with van der Waals surface area (Å²) in [4.78, 5) is 0. The standard InChI is InChI=1S/C27H18N2/c1-6-14-24-19(9-1)16-17-26-21-11-3-5-13-23(21)27(29(24)26)22-12-4-2-10-20(22)25-15-7-8-18-28(25)27/h1-18H/q+2. The molecule has 0 radical (unpaired) electrons. The van der Waals surface area contributed by atoms with E-state index in [1.54, 1.807) is 0 Å². The van der Waals surface area contributed by atoms with Crippen molar-refractivity contribution in [1.29, 1.82) is 0 Å². The van der Waals surface area contributed by atoms with Gasteiger partial charge in [0.15, 0.2) is 6.20 Å². The second-order valence-electron chi connectivity index (χ2n) is 7.83. The van der Waals surface area contributed by atoms with E-state index in [1.165, 1.54) is 44.5 Å². The van der Waals surface area contributed by atoms with E-state index < -0.39 is 5.66 Å². The van der Waals surface area contributed by atoms with Crippen molar-refractivity contribution in [1.82, 2.24) is 0 Å². The zero-order valence-electron chi connectivity index (χ0n) is 15.8. The first kappa shape index (κ1) is 15.2. The molecule has 0 amide bonds. The van der Waals surface area contributed by atoms with Crippen molar-refractivity contribution in [3.05, 3.63) is 120 Å². The average molecular weight is 370 g/mol. The summed E-state index contributed by atoms with van der Waals surface area (Å²) in [6.45, 7) is 0. The molecule has 1 atom stereocenters. The maximum atomic E-state index is 2.54. The Kier molecular flexibility index (Phi) is 2.71. The van der Waals surface area contributed by atoms with Crippen LogP contribution < -0.4 is 9.13 Å². The van der Waals surface area contributed by atoms with Gasteiger partial charge in [-0.15, -0.1) is 9.13 Å². The summed E-state index contributed by atoms with van der Waals surface area (Å²) in [5.74, 6) is 0. The minimum atomic E-state index is -0.417. The normalized spacial score (nSPS) is 17.8. The van der Waals surface area contributed by atoms with Gasteiger partial charge in [0, 0.05) is 29.7 Å². The van der Waals surface area contributed by atoms with E-state index in [2.05, 4.69) is 118 Å². The summed E-state index contributed by atoms with van der Waals surface area (Å²) >= 11 is 0. The molecular weight excluding hydrogens is 352 g/mol. The Bertz CT molecular complexity index is 1400. The van der Waals surface area contributed by atoms with Gasteiger partial charge in [-0.3, -0.25) is 0 Å². The molecule has 2 aromatic heterocycles. The molecule has 5 aromatic rings. The Balaban J connectivity index is 1.79. The van der Waals surface area contributed by atoms with Crippen LogP contribution in [0.2, 0.25) is 0 Å². The first-order valence-corrected chi connectivity index (χ1v) is 10.1.